The molecule has 0 bridgehead atoms. The van der Waals surface area contributed by atoms with Gasteiger partial charge in [-0.3, -0.25) is 4.79 Å². The zero-order valence-electron chi connectivity index (χ0n) is 16.8. The number of fused-ring (bicyclic) bond motifs is 1. The lowest BCUT2D eigenvalue weighted by molar-refractivity contribution is -0.143. The Bertz CT molecular complexity index is 1090. The van der Waals surface area contributed by atoms with E-state index in [4.69, 9.17) is 4.74 Å². The molecule has 1 heterocycles. The van der Waals surface area contributed by atoms with Gasteiger partial charge in [-0.25, -0.2) is 0 Å². The molecule has 172 valence electrons. The van der Waals surface area contributed by atoms with Gasteiger partial charge in [0.25, 0.3) is 0 Å². The number of alkyl halides is 6. The maximum atomic E-state index is 13.3. The number of nitrogens with one attached hydrogen (secondary N) is 1. The molecule has 0 aliphatic carbocycles. The molecule has 1 amide bonds. The fourth-order valence-corrected chi connectivity index (χ4v) is 4.32. The predicted molar refractivity (Wildman–Crippen MR) is 109 cm³/mol. The first kappa shape index (κ1) is 24.1. The number of thiophene rings is 1. The zero-order chi connectivity index (χ0) is 23.5. The van der Waals surface area contributed by atoms with Crippen molar-refractivity contribution in [3.63, 3.8) is 0 Å². The van der Waals surface area contributed by atoms with Crippen molar-refractivity contribution in [1.29, 1.82) is 0 Å². The van der Waals surface area contributed by atoms with Crippen molar-refractivity contribution < 1.29 is 35.9 Å². The Morgan fingerprint density at radius 3 is 2.41 bits per heavy atom. The average Bonchev–Trinajstić information content (AvgIpc) is 3.09. The fourth-order valence-electron chi connectivity index (χ4n) is 3.35. The largest absolute Gasteiger partial charge is 0.416 e. The van der Waals surface area contributed by atoms with Crippen LogP contribution in [0.15, 0.2) is 47.8 Å². The lowest BCUT2D eigenvalue weighted by Gasteiger charge is -2.20. The van der Waals surface area contributed by atoms with Crippen molar-refractivity contribution in [2.45, 2.75) is 38.3 Å². The number of carbonyl (C=O) groups excluding carboxylic acids is 1. The molecule has 0 spiro atoms. The van der Waals surface area contributed by atoms with Crippen LogP contribution in [-0.2, 0) is 34.9 Å². The minimum Gasteiger partial charge on any atom is -0.375 e. The molecule has 0 saturated carbocycles. The first-order valence-corrected chi connectivity index (χ1v) is 10.4. The molecule has 1 aromatic heterocycles. The van der Waals surface area contributed by atoms with E-state index in [0.717, 1.165) is 21.7 Å². The highest BCUT2D eigenvalue weighted by Crippen LogP contribution is 2.37. The highest BCUT2D eigenvalue weighted by atomic mass is 32.1. The summed E-state index contributed by atoms with van der Waals surface area (Å²) in [5.74, 6) is -0.330. The van der Waals surface area contributed by atoms with E-state index in [-0.39, 0.29) is 18.6 Å². The maximum absolute atomic E-state index is 13.3. The number of rotatable bonds is 7. The van der Waals surface area contributed by atoms with Gasteiger partial charge in [0.05, 0.1) is 30.4 Å². The topological polar surface area (TPSA) is 38.3 Å². The summed E-state index contributed by atoms with van der Waals surface area (Å²) >= 11 is 1.53. The second kappa shape index (κ2) is 9.50. The van der Waals surface area contributed by atoms with E-state index in [2.05, 4.69) is 5.32 Å². The van der Waals surface area contributed by atoms with Gasteiger partial charge in [0.15, 0.2) is 0 Å². The molecule has 1 unspecified atom stereocenters. The number of carbonyl (C=O) groups is 1. The Balaban J connectivity index is 1.74. The highest BCUT2D eigenvalue weighted by Gasteiger charge is 2.38. The van der Waals surface area contributed by atoms with E-state index in [1.807, 2.05) is 29.6 Å². The van der Waals surface area contributed by atoms with Gasteiger partial charge >= 0.3 is 12.4 Å². The monoisotopic (exact) mass is 475 g/mol. The van der Waals surface area contributed by atoms with Gasteiger partial charge in [-0.1, -0.05) is 24.3 Å². The Morgan fingerprint density at radius 2 is 1.75 bits per heavy atom. The van der Waals surface area contributed by atoms with E-state index in [0.29, 0.717) is 12.5 Å². The normalized spacial score (nSPS) is 13.3. The summed E-state index contributed by atoms with van der Waals surface area (Å²) in [7, 11) is 0. The van der Waals surface area contributed by atoms with Crippen molar-refractivity contribution in [2.75, 3.05) is 6.61 Å². The van der Waals surface area contributed by atoms with Gasteiger partial charge in [0, 0.05) is 11.6 Å². The number of ether oxygens (including phenoxy) is 1. The molecule has 3 nitrogen and oxygen atoms in total. The first-order valence-electron chi connectivity index (χ1n) is 9.52. The molecular formula is C22H19F6NO2S. The molecule has 0 aliphatic rings. The van der Waals surface area contributed by atoms with Crippen LogP contribution in [0, 0.1) is 0 Å². The van der Waals surface area contributed by atoms with Crippen LogP contribution in [0.5, 0.6) is 0 Å². The second-order valence-electron chi connectivity index (χ2n) is 7.24. The van der Waals surface area contributed by atoms with Crippen LogP contribution in [0.2, 0.25) is 0 Å². The Hall–Kier alpha value is -2.59. The van der Waals surface area contributed by atoms with Crippen molar-refractivity contribution in [1.82, 2.24) is 5.32 Å². The molecule has 1 N–H and O–H groups in total. The third kappa shape index (κ3) is 6.01. The Kier molecular flexibility index (Phi) is 7.14. The van der Waals surface area contributed by atoms with Crippen LogP contribution in [-0.4, -0.2) is 18.6 Å². The van der Waals surface area contributed by atoms with Gasteiger partial charge in [-0.05, 0) is 46.5 Å². The Labute approximate surface area is 184 Å². The smallest absolute Gasteiger partial charge is 0.375 e. The summed E-state index contributed by atoms with van der Waals surface area (Å²) in [6.07, 6.45) is -9.46. The molecule has 0 radical (unpaired) electrons. The number of amides is 1. The molecule has 10 heteroatoms. The summed E-state index contributed by atoms with van der Waals surface area (Å²) in [6, 6.07) is 8.60. The molecule has 3 rings (SSSR count). The van der Waals surface area contributed by atoms with Gasteiger partial charge in [-0.15, -0.1) is 11.3 Å². The van der Waals surface area contributed by atoms with E-state index in [9.17, 15) is 31.1 Å². The lowest BCUT2D eigenvalue weighted by atomic mass is 10.0. The predicted octanol–water partition coefficient (Wildman–Crippen LogP) is 6.20. The van der Waals surface area contributed by atoms with Crippen LogP contribution in [0.1, 0.15) is 29.2 Å². The standard InChI is InChI=1S/C22H19F6NO2S/c1-13(30)29-17(8-15-12-32-20-5-3-2-4-18(15)20)11-31-10-14-6-7-16(21(23,24)25)9-19(14)22(26,27)28/h2-7,9,12,17H,8,10-11H2,1H3,(H,29,30). The number of halogens is 6. The maximum Gasteiger partial charge on any atom is 0.416 e. The molecular weight excluding hydrogens is 456 g/mol. The third-order valence-corrected chi connectivity index (χ3v) is 5.77. The van der Waals surface area contributed by atoms with E-state index >= 15 is 0 Å². The van der Waals surface area contributed by atoms with E-state index in [1.165, 1.54) is 18.3 Å². The molecule has 0 fully saturated rings. The number of hydrogen-bond acceptors (Lipinski definition) is 3. The molecule has 2 aromatic carbocycles. The number of hydrogen-bond donors (Lipinski definition) is 1. The van der Waals surface area contributed by atoms with Crippen molar-refractivity contribution in [3.05, 3.63) is 70.1 Å². The lowest BCUT2D eigenvalue weighted by Crippen LogP contribution is -2.38. The van der Waals surface area contributed by atoms with Crippen LogP contribution in [0.3, 0.4) is 0 Å². The quantitative estimate of drug-likeness (QED) is 0.413. The summed E-state index contributed by atoms with van der Waals surface area (Å²) in [6.45, 7) is 0.659. The van der Waals surface area contributed by atoms with Gasteiger partial charge in [-0.2, -0.15) is 26.3 Å². The average molecular weight is 475 g/mol. The molecule has 32 heavy (non-hydrogen) atoms. The van der Waals surface area contributed by atoms with Gasteiger partial charge < -0.3 is 10.1 Å². The van der Waals surface area contributed by atoms with Crippen molar-refractivity contribution >= 4 is 27.3 Å². The summed E-state index contributed by atoms with van der Waals surface area (Å²) < 4.78 is 84.8. The third-order valence-electron chi connectivity index (χ3n) is 4.75. The van der Waals surface area contributed by atoms with Crippen molar-refractivity contribution in [2.24, 2.45) is 0 Å². The second-order valence-corrected chi connectivity index (χ2v) is 8.15. The van der Waals surface area contributed by atoms with E-state index in [1.54, 1.807) is 0 Å². The first-order chi connectivity index (χ1) is 14.9. The van der Waals surface area contributed by atoms with Gasteiger partial charge in [0.2, 0.25) is 5.91 Å². The minimum atomic E-state index is -4.97. The SMILES string of the molecule is CC(=O)NC(COCc1ccc(C(F)(F)F)cc1C(F)(F)F)Cc1csc2ccccc12. The van der Waals surface area contributed by atoms with Gasteiger partial charge in [0.1, 0.15) is 0 Å². The molecule has 0 saturated heterocycles. The Morgan fingerprint density at radius 1 is 1.03 bits per heavy atom. The minimum absolute atomic E-state index is 0.0848. The van der Waals surface area contributed by atoms with Crippen LogP contribution < -0.4 is 5.32 Å². The zero-order valence-corrected chi connectivity index (χ0v) is 17.6. The van der Waals surface area contributed by atoms with Crippen molar-refractivity contribution in [3.8, 4) is 0 Å². The summed E-state index contributed by atoms with van der Waals surface area (Å²) in [4.78, 5) is 11.6. The van der Waals surface area contributed by atoms with Crippen LogP contribution >= 0.6 is 11.3 Å². The number of benzene rings is 2. The molecule has 0 aliphatic heterocycles. The van der Waals surface area contributed by atoms with E-state index < -0.39 is 41.7 Å². The van der Waals surface area contributed by atoms with Crippen LogP contribution in [0.25, 0.3) is 10.1 Å². The fraction of sp³-hybridized carbons (Fsp3) is 0.318. The summed E-state index contributed by atoms with van der Waals surface area (Å²) in [5.41, 5.74) is -2.23. The molecule has 3 aromatic rings. The summed E-state index contributed by atoms with van der Waals surface area (Å²) in [5, 5.41) is 5.66. The highest BCUT2D eigenvalue weighted by molar-refractivity contribution is 7.17. The van der Waals surface area contributed by atoms with Crippen LogP contribution in [0.4, 0.5) is 26.3 Å². The molecule has 1 atom stereocenters.